The summed E-state index contributed by atoms with van der Waals surface area (Å²) in [5.74, 6) is 0.186. The highest BCUT2D eigenvalue weighted by Crippen LogP contribution is 2.10. The van der Waals surface area contributed by atoms with Crippen LogP contribution in [0.1, 0.15) is 5.56 Å². The Labute approximate surface area is 102 Å². The smallest absolute Gasteiger partial charge is 0.227 e. The third-order valence-corrected chi connectivity index (χ3v) is 2.96. The third kappa shape index (κ3) is 3.20. The topological polar surface area (TPSA) is 41.6 Å². The first-order valence-electron chi connectivity index (χ1n) is 5.92. The molecule has 1 N–H and O–H groups in total. The van der Waals surface area contributed by atoms with Crippen molar-refractivity contribution in [3.05, 3.63) is 29.8 Å². The fourth-order valence-corrected chi connectivity index (χ4v) is 1.89. The maximum absolute atomic E-state index is 12.0. The van der Waals surface area contributed by atoms with E-state index in [2.05, 4.69) is 5.32 Å². The average molecular weight is 234 g/mol. The number of benzene rings is 1. The van der Waals surface area contributed by atoms with E-state index in [1.165, 1.54) is 0 Å². The van der Waals surface area contributed by atoms with Crippen LogP contribution in [-0.4, -0.2) is 44.2 Å². The molecule has 1 amide bonds. The van der Waals surface area contributed by atoms with Gasteiger partial charge in [0.25, 0.3) is 0 Å². The molecule has 0 atom stereocenters. The van der Waals surface area contributed by atoms with E-state index >= 15 is 0 Å². The summed E-state index contributed by atoms with van der Waals surface area (Å²) in [4.78, 5) is 13.8. The normalized spacial score (nSPS) is 15.7. The van der Waals surface area contributed by atoms with Crippen molar-refractivity contribution in [2.24, 2.45) is 0 Å². The van der Waals surface area contributed by atoms with Gasteiger partial charge in [-0.25, -0.2) is 0 Å². The van der Waals surface area contributed by atoms with Crippen LogP contribution in [0.4, 0.5) is 5.69 Å². The summed E-state index contributed by atoms with van der Waals surface area (Å²) in [7, 11) is 1.88. The molecule has 1 heterocycles. The van der Waals surface area contributed by atoms with Crippen LogP contribution < -0.4 is 5.32 Å². The summed E-state index contributed by atoms with van der Waals surface area (Å²) in [5.41, 5.74) is 2.12. The first-order valence-corrected chi connectivity index (χ1v) is 5.92. The van der Waals surface area contributed by atoms with Gasteiger partial charge in [-0.2, -0.15) is 0 Å². The number of nitrogens with zero attached hydrogens (tertiary/aromatic N) is 1. The standard InChI is InChI=1S/C13H18N2O2/c1-14-12-4-2-11(3-5-12)10-13(16)15-6-8-17-9-7-15/h2-5,14H,6-10H2,1H3. The summed E-state index contributed by atoms with van der Waals surface area (Å²) in [6.07, 6.45) is 0.476. The van der Waals surface area contributed by atoms with E-state index in [0.717, 1.165) is 11.3 Å². The quantitative estimate of drug-likeness (QED) is 0.852. The van der Waals surface area contributed by atoms with Gasteiger partial charge in [-0.1, -0.05) is 12.1 Å². The van der Waals surface area contributed by atoms with E-state index in [1.54, 1.807) is 0 Å². The van der Waals surface area contributed by atoms with Gasteiger partial charge in [0.2, 0.25) is 5.91 Å². The number of amides is 1. The number of ether oxygens (including phenoxy) is 1. The molecule has 17 heavy (non-hydrogen) atoms. The van der Waals surface area contributed by atoms with Gasteiger partial charge in [-0.05, 0) is 17.7 Å². The minimum Gasteiger partial charge on any atom is -0.388 e. The Morgan fingerprint density at radius 2 is 1.94 bits per heavy atom. The second kappa shape index (κ2) is 5.68. The Morgan fingerprint density at radius 1 is 1.29 bits per heavy atom. The van der Waals surface area contributed by atoms with Crippen molar-refractivity contribution in [3.63, 3.8) is 0 Å². The first kappa shape index (κ1) is 11.9. The highest BCUT2D eigenvalue weighted by atomic mass is 16.5. The van der Waals surface area contributed by atoms with Crippen LogP contribution in [-0.2, 0) is 16.0 Å². The van der Waals surface area contributed by atoms with E-state index in [-0.39, 0.29) is 5.91 Å². The molecule has 1 aliphatic heterocycles. The van der Waals surface area contributed by atoms with Crippen LogP contribution in [0.3, 0.4) is 0 Å². The molecule has 0 spiro atoms. The zero-order valence-corrected chi connectivity index (χ0v) is 10.1. The fourth-order valence-electron chi connectivity index (χ4n) is 1.89. The average Bonchev–Trinajstić information content (AvgIpc) is 2.40. The Kier molecular flexibility index (Phi) is 3.98. The number of anilines is 1. The zero-order chi connectivity index (χ0) is 12.1. The van der Waals surface area contributed by atoms with E-state index in [9.17, 15) is 4.79 Å². The van der Waals surface area contributed by atoms with Crippen molar-refractivity contribution in [1.29, 1.82) is 0 Å². The van der Waals surface area contributed by atoms with Crippen LogP contribution in [0.15, 0.2) is 24.3 Å². The number of hydrogen-bond donors (Lipinski definition) is 1. The minimum atomic E-state index is 0.186. The second-order valence-electron chi connectivity index (χ2n) is 4.12. The lowest BCUT2D eigenvalue weighted by atomic mass is 10.1. The lowest BCUT2D eigenvalue weighted by Crippen LogP contribution is -2.41. The van der Waals surface area contributed by atoms with E-state index in [1.807, 2.05) is 36.2 Å². The van der Waals surface area contributed by atoms with Gasteiger partial charge < -0.3 is 15.0 Å². The predicted molar refractivity (Wildman–Crippen MR) is 67.1 cm³/mol. The zero-order valence-electron chi connectivity index (χ0n) is 10.1. The monoisotopic (exact) mass is 234 g/mol. The van der Waals surface area contributed by atoms with Gasteiger partial charge >= 0.3 is 0 Å². The SMILES string of the molecule is CNc1ccc(CC(=O)N2CCOCC2)cc1. The molecule has 2 rings (SSSR count). The summed E-state index contributed by atoms with van der Waals surface area (Å²) in [6, 6.07) is 7.96. The van der Waals surface area contributed by atoms with Crippen LogP contribution in [0, 0.1) is 0 Å². The predicted octanol–water partition coefficient (Wildman–Crippen LogP) is 1.13. The van der Waals surface area contributed by atoms with Crippen molar-refractivity contribution in [1.82, 2.24) is 4.90 Å². The molecule has 92 valence electrons. The Hall–Kier alpha value is -1.55. The van der Waals surface area contributed by atoms with E-state index in [4.69, 9.17) is 4.74 Å². The van der Waals surface area contributed by atoms with E-state index < -0.39 is 0 Å². The van der Waals surface area contributed by atoms with Gasteiger partial charge in [-0.15, -0.1) is 0 Å². The molecule has 1 aromatic rings. The molecule has 0 aromatic heterocycles. The molecular formula is C13H18N2O2. The fraction of sp³-hybridized carbons (Fsp3) is 0.462. The number of carbonyl (C=O) groups excluding carboxylic acids is 1. The maximum atomic E-state index is 12.0. The van der Waals surface area contributed by atoms with Crippen molar-refractivity contribution in [2.45, 2.75) is 6.42 Å². The summed E-state index contributed by atoms with van der Waals surface area (Å²) >= 11 is 0. The van der Waals surface area contributed by atoms with Crippen molar-refractivity contribution >= 4 is 11.6 Å². The van der Waals surface area contributed by atoms with E-state index in [0.29, 0.717) is 32.7 Å². The number of nitrogens with one attached hydrogen (secondary N) is 1. The highest BCUT2D eigenvalue weighted by molar-refractivity contribution is 5.79. The number of morpholine rings is 1. The molecular weight excluding hydrogens is 216 g/mol. The van der Waals surface area contributed by atoms with Gasteiger partial charge in [0.05, 0.1) is 19.6 Å². The number of carbonyl (C=O) groups is 1. The van der Waals surface area contributed by atoms with Gasteiger partial charge in [-0.3, -0.25) is 4.79 Å². The third-order valence-electron chi connectivity index (χ3n) is 2.96. The van der Waals surface area contributed by atoms with Gasteiger partial charge in [0.1, 0.15) is 0 Å². The lowest BCUT2D eigenvalue weighted by Gasteiger charge is -2.26. The molecule has 1 aliphatic rings. The van der Waals surface area contributed by atoms with Crippen molar-refractivity contribution < 1.29 is 9.53 Å². The molecule has 0 radical (unpaired) electrons. The highest BCUT2D eigenvalue weighted by Gasteiger charge is 2.16. The minimum absolute atomic E-state index is 0.186. The molecule has 1 saturated heterocycles. The maximum Gasteiger partial charge on any atom is 0.227 e. The number of hydrogen-bond acceptors (Lipinski definition) is 3. The van der Waals surface area contributed by atoms with Crippen LogP contribution >= 0.6 is 0 Å². The molecule has 0 aliphatic carbocycles. The van der Waals surface area contributed by atoms with Gasteiger partial charge in [0, 0.05) is 25.8 Å². The summed E-state index contributed by atoms with van der Waals surface area (Å²) in [5, 5.41) is 3.06. The van der Waals surface area contributed by atoms with Crippen LogP contribution in [0.25, 0.3) is 0 Å². The van der Waals surface area contributed by atoms with Crippen LogP contribution in [0.2, 0.25) is 0 Å². The molecule has 0 unspecified atom stereocenters. The molecule has 4 nitrogen and oxygen atoms in total. The first-order chi connectivity index (χ1) is 8.29. The lowest BCUT2D eigenvalue weighted by molar-refractivity contribution is -0.134. The second-order valence-corrected chi connectivity index (χ2v) is 4.12. The van der Waals surface area contributed by atoms with Gasteiger partial charge in [0.15, 0.2) is 0 Å². The Morgan fingerprint density at radius 3 is 2.53 bits per heavy atom. The summed E-state index contributed by atoms with van der Waals surface area (Å²) < 4.78 is 5.23. The number of rotatable bonds is 3. The molecule has 0 bridgehead atoms. The van der Waals surface area contributed by atoms with Crippen LogP contribution in [0.5, 0.6) is 0 Å². The summed E-state index contributed by atoms with van der Waals surface area (Å²) in [6.45, 7) is 2.75. The Bertz CT molecular complexity index is 370. The van der Waals surface area contributed by atoms with Crippen molar-refractivity contribution in [3.8, 4) is 0 Å². The Balaban J connectivity index is 1.92. The molecule has 1 fully saturated rings. The van der Waals surface area contributed by atoms with Crippen molar-refractivity contribution in [2.75, 3.05) is 38.7 Å². The molecule has 0 saturated carbocycles. The molecule has 4 heteroatoms. The largest absolute Gasteiger partial charge is 0.388 e. The molecule has 1 aromatic carbocycles.